The van der Waals surface area contributed by atoms with E-state index in [1.165, 1.54) is 23.8 Å². The minimum atomic E-state index is -0.499. The highest BCUT2D eigenvalue weighted by atomic mass is 19.1. The highest BCUT2D eigenvalue weighted by molar-refractivity contribution is 5.93. The molecule has 0 radical (unpaired) electrons. The predicted octanol–water partition coefficient (Wildman–Crippen LogP) is 3.84. The van der Waals surface area contributed by atoms with E-state index in [0.29, 0.717) is 22.8 Å². The van der Waals surface area contributed by atoms with Gasteiger partial charge in [0, 0.05) is 23.2 Å². The Kier molecular flexibility index (Phi) is 4.88. The summed E-state index contributed by atoms with van der Waals surface area (Å²) in [6, 6.07) is 6.00. The Labute approximate surface area is 150 Å². The van der Waals surface area contributed by atoms with Gasteiger partial charge in [0.1, 0.15) is 11.6 Å². The predicted molar refractivity (Wildman–Crippen MR) is 95.0 cm³/mol. The summed E-state index contributed by atoms with van der Waals surface area (Å²) in [5.41, 5.74) is 1.47. The number of nitrogens with zero attached hydrogens (tertiary/aromatic N) is 3. The van der Waals surface area contributed by atoms with E-state index >= 15 is 0 Å². The van der Waals surface area contributed by atoms with Gasteiger partial charge in [0.2, 0.25) is 0 Å². The summed E-state index contributed by atoms with van der Waals surface area (Å²) in [4.78, 5) is 16.7. The van der Waals surface area contributed by atoms with Crippen molar-refractivity contribution in [1.29, 1.82) is 0 Å². The number of carbonyl (C=O) groups excluding carboxylic acids is 1. The van der Waals surface area contributed by atoms with E-state index in [1.54, 1.807) is 25.3 Å². The highest BCUT2D eigenvalue weighted by Crippen LogP contribution is 2.31. The van der Waals surface area contributed by atoms with Crippen molar-refractivity contribution in [3.05, 3.63) is 47.7 Å². The van der Waals surface area contributed by atoms with E-state index in [1.807, 2.05) is 13.8 Å². The lowest BCUT2D eigenvalue weighted by atomic mass is 10.0. The summed E-state index contributed by atoms with van der Waals surface area (Å²) in [5, 5.41) is 4.42. The molecule has 2 aromatic heterocycles. The van der Waals surface area contributed by atoms with Crippen LogP contribution in [0.2, 0.25) is 0 Å². The van der Waals surface area contributed by atoms with Gasteiger partial charge in [0.15, 0.2) is 11.5 Å². The van der Waals surface area contributed by atoms with E-state index in [2.05, 4.69) is 10.1 Å². The molecule has 2 heterocycles. The molecule has 6 nitrogen and oxygen atoms in total. The molecule has 0 saturated carbocycles. The van der Waals surface area contributed by atoms with Crippen LogP contribution < -0.4 is 4.74 Å². The molecular weight excluding hydrogens is 337 g/mol. The average Bonchev–Trinajstić information content (AvgIpc) is 3.06. The van der Waals surface area contributed by atoms with Crippen LogP contribution in [0.1, 0.15) is 42.9 Å². The first-order chi connectivity index (χ1) is 12.4. The highest BCUT2D eigenvalue weighted by Gasteiger charge is 2.19. The number of hydrogen-bond donors (Lipinski definition) is 0. The van der Waals surface area contributed by atoms with Gasteiger partial charge in [-0.2, -0.15) is 5.10 Å². The molecule has 7 heteroatoms. The minimum absolute atomic E-state index is 0.0870. The molecule has 26 heavy (non-hydrogen) atoms. The van der Waals surface area contributed by atoms with Crippen LogP contribution in [-0.2, 0) is 4.74 Å². The van der Waals surface area contributed by atoms with E-state index < -0.39 is 11.8 Å². The molecule has 0 saturated heterocycles. The molecule has 0 aliphatic heterocycles. The van der Waals surface area contributed by atoms with Crippen LogP contribution in [0.15, 0.2) is 30.5 Å². The summed E-state index contributed by atoms with van der Waals surface area (Å²) >= 11 is 0. The van der Waals surface area contributed by atoms with Crippen molar-refractivity contribution in [2.45, 2.75) is 26.7 Å². The Morgan fingerprint density at radius 2 is 2.04 bits per heavy atom. The third-order valence-electron chi connectivity index (χ3n) is 3.94. The molecule has 0 fully saturated rings. The molecule has 1 aromatic carbocycles. The second-order valence-electron chi connectivity index (χ2n) is 6.10. The molecular formula is C19H20FN3O3. The van der Waals surface area contributed by atoms with Crippen LogP contribution in [0, 0.1) is 5.82 Å². The summed E-state index contributed by atoms with van der Waals surface area (Å²) in [7, 11) is 1.51. The molecule has 0 amide bonds. The molecule has 0 atom stereocenters. The van der Waals surface area contributed by atoms with Crippen LogP contribution in [-0.4, -0.2) is 34.3 Å². The molecule has 0 bridgehead atoms. The number of hydrogen-bond acceptors (Lipinski definition) is 5. The lowest BCUT2D eigenvalue weighted by Gasteiger charge is -2.09. The number of esters is 1. The van der Waals surface area contributed by atoms with Crippen LogP contribution in [0.3, 0.4) is 0 Å². The molecule has 136 valence electrons. The monoisotopic (exact) mass is 357 g/mol. The molecule has 0 aliphatic carbocycles. The van der Waals surface area contributed by atoms with Gasteiger partial charge < -0.3 is 9.47 Å². The first-order valence-electron chi connectivity index (χ1n) is 8.36. The fraction of sp³-hybridized carbons (Fsp3) is 0.316. The zero-order valence-corrected chi connectivity index (χ0v) is 15.1. The largest absolute Gasteiger partial charge is 0.497 e. The van der Waals surface area contributed by atoms with Gasteiger partial charge in [-0.15, -0.1) is 0 Å². The Hall–Kier alpha value is -2.96. The Bertz CT molecular complexity index is 966. The summed E-state index contributed by atoms with van der Waals surface area (Å²) in [6.45, 7) is 5.90. The fourth-order valence-corrected chi connectivity index (χ4v) is 2.61. The van der Waals surface area contributed by atoms with E-state index in [9.17, 15) is 9.18 Å². The maximum Gasteiger partial charge on any atom is 0.339 e. The van der Waals surface area contributed by atoms with Crippen molar-refractivity contribution in [2.24, 2.45) is 0 Å². The Morgan fingerprint density at radius 3 is 2.69 bits per heavy atom. The quantitative estimate of drug-likeness (QED) is 0.649. The number of fused-ring (bicyclic) bond motifs is 1. The van der Waals surface area contributed by atoms with Gasteiger partial charge in [-0.25, -0.2) is 18.7 Å². The van der Waals surface area contributed by atoms with Gasteiger partial charge in [0.05, 0.1) is 19.3 Å². The molecule has 0 N–H and O–H groups in total. The number of rotatable bonds is 5. The van der Waals surface area contributed by atoms with Crippen molar-refractivity contribution < 1.29 is 18.7 Å². The van der Waals surface area contributed by atoms with Crippen molar-refractivity contribution in [2.75, 3.05) is 13.7 Å². The van der Waals surface area contributed by atoms with Crippen LogP contribution in [0.5, 0.6) is 5.75 Å². The van der Waals surface area contributed by atoms with Gasteiger partial charge in [-0.3, -0.25) is 0 Å². The second-order valence-corrected chi connectivity index (χ2v) is 6.10. The van der Waals surface area contributed by atoms with Crippen molar-refractivity contribution in [3.63, 3.8) is 0 Å². The lowest BCUT2D eigenvalue weighted by molar-refractivity contribution is 0.0525. The average molecular weight is 357 g/mol. The van der Waals surface area contributed by atoms with Crippen molar-refractivity contribution in [1.82, 2.24) is 14.6 Å². The standard InChI is InChI=1S/C19H20FN3O3/c1-5-26-19(24)12-8-15(14-9-13(25-4)6-7-16(14)20)18-21-17(11(2)3)22-23(18)10-12/h6-11H,5H2,1-4H3. The number of halogens is 1. The normalized spacial score (nSPS) is 11.2. The lowest BCUT2D eigenvalue weighted by Crippen LogP contribution is -2.07. The number of carbonyl (C=O) groups is 1. The third kappa shape index (κ3) is 3.24. The first kappa shape index (κ1) is 17.8. The molecule has 0 unspecified atom stereocenters. The molecule has 0 spiro atoms. The number of benzene rings is 1. The number of methoxy groups -OCH3 is 1. The SMILES string of the molecule is CCOC(=O)c1cc(-c2cc(OC)ccc2F)c2nc(C(C)C)nn2c1. The number of ether oxygens (including phenoxy) is 2. The molecule has 0 aliphatic rings. The van der Waals surface area contributed by atoms with Crippen molar-refractivity contribution >= 4 is 11.6 Å². The minimum Gasteiger partial charge on any atom is -0.497 e. The topological polar surface area (TPSA) is 65.7 Å². The van der Waals surface area contributed by atoms with Crippen LogP contribution in [0.4, 0.5) is 4.39 Å². The maximum atomic E-state index is 14.5. The second kappa shape index (κ2) is 7.11. The summed E-state index contributed by atoms with van der Waals surface area (Å²) in [6.07, 6.45) is 1.55. The number of pyridine rings is 1. The van der Waals surface area contributed by atoms with E-state index in [-0.39, 0.29) is 23.7 Å². The fourth-order valence-electron chi connectivity index (χ4n) is 2.61. The molecule has 3 aromatic rings. The van der Waals surface area contributed by atoms with E-state index in [0.717, 1.165) is 0 Å². The van der Waals surface area contributed by atoms with Crippen molar-refractivity contribution in [3.8, 4) is 16.9 Å². The third-order valence-corrected chi connectivity index (χ3v) is 3.94. The summed E-state index contributed by atoms with van der Waals surface area (Å²) < 4.78 is 26.3. The van der Waals surface area contributed by atoms with Gasteiger partial charge in [-0.1, -0.05) is 13.8 Å². The van der Waals surface area contributed by atoms with E-state index in [4.69, 9.17) is 9.47 Å². The first-order valence-corrected chi connectivity index (χ1v) is 8.36. The maximum absolute atomic E-state index is 14.5. The smallest absolute Gasteiger partial charge is 0.339 e. The summed E-state index contributed by atoms with van der Waals surface area (Å²) in [5.74, 6) is 0.257. The zero-order valence-electron chi connectivity index (χ0n) is 15.1. The Morgan fingerprint density at radius 1 is 1.27 bits per heavy atom. The Balaban J connectivity index is 2.29. The van der Waals surface area contributed by atoms with Crippen LogP contribution >= 0.6 is 0 Å². The van der Waals surface area contributed by atoms with Gasteiger partial charge in [-0.05, 0) is 31.2 Å². The molecule has 3 rings (SSSR count). The van der Waals surface area contributed by atoms with Crippen LogP contribution in [0.25, 0.3) is 16.8 Å². The van der Waals surface area contributed by atoms with Gasteiger partial charge >= 0.3 is 5.97 Å². The zero-order chi connectivity index (χ0) is 18.8. The van der Waals surface area contributed by atoms with Gasteiger partial charge in [0.25, 0.3) is 0 Å². The number of aromatic nitrogens is 3.